The molecule has 4 nitrogen and oxygen atoms in total. The molecule has 0 spiro atoms. The lowest BCUT2D eigenvalue weighted by Gasteiger charge is -2.13. The zero-order valence-corrected chi connectivity index (χ0v) is 12.0. The second-order valence-corrected chi connectivity index (χ2v) is 5.84. The lowest BCUT2D eigenvalue weighted by Crippen LogP contribution is -2.16. The van der Waals surface area contributed by atoms with Crippen molar-refractivity contribution in [3.05, 3.63) is 29.8 Å². The van der Waals surface area contributed by atoms with Crippen LogP contribution in [0.2, 0.25) is 0 Å². The molecule has 0 aliphatic rings. The fraction of sp³-hybridized carbons (Fsp3) is 0.500. The van der Waals surface area contributed by atoms with E-state index >= 15 is 0 Å². The van der Waals surface area contributed by atoms with Crippen LogP contribution in [0.5, 0.6) is 5.75 Å². The molecule has 106 valence electrons. The lowest BCUT2D eigenvalue weighted by molar-refractivity contribution is 0.0696. The molecule has 2 unspecified atom stereocenters. The van der Waals surface area contributed by atoms with Crippen molar-refractivity contribution in [3.8, 4) is 5.75 Å². The summed E-state index contributed by atoms with van der Waals surface area (Å²) in [6, 6.07) is 6.48. The largest absolute Gasteiger partial charge is 0.494 e. The first-order valence-electron chi connectivity index (χ1n) is 6.26. The molecule has 0 heterocycles. The van der Waals surface area contributed by atoms with Gasteiger partial charge in [0.05, 0.1) is 18.3 Å². The van der Waals surface area contributed by atoms with Gasteiger partial charge in [-0.25, -0.2) is 4.79 Å². The summed E-state index contributed by atoms with van der Waals surface area (Å²) in [7, 11) is 0. The first-order chi connectivity index (χ1) is 9.00. The van der Waals surface area contributed by atoms with Gasteiger partial charge in [0.25, 0.3) is 0 Å². The average molecular weight is 284 g/mol. The zero-order valence-electron chi connectivity index (χ0n) is 11.2. The maximum Gasteiger partial charge on any atom is 0.335 e. The van der Waals surface area contributed by atoms with Gasteiger partial charge in [-0.1, -0.05) is 13.0 Å². The van der Waals surface area contributed by atoms with Gasteiger partial charge < -0.3 is 14.9 Å². The number of rotatable bonds is 8. The molecule has 0 bridgehead atoms. The highest BCUT2D eigenvalue weighted by atomic mass is 32.2. The number of aromatic carboxylic acids is 1. The molecule has 5 heteroatoms. The van der Waals surface area contributed by atoms with Crippen LogP contribution in [0.3, 0.4) is 0 Å². The quantitative estimate of drug-likeness (QED) is 0.718. The lowest BCUT2D eigenvalue weighted by atomic mass is 10.2. The van der Waals surface area contributed by atoms with Gasteiger partial charge in [-0.15, -0.1) is 0 Å². The number of carboxylic acid groups (broad SMARTS) is 1. The van der Waals surface area contributed by atoms with Gasteiger partial charge in [0.1, 0.15) is 5.75 Å². The van der Waals surface area contributed by atoms with Crippen LogP contribution in [0.15, 0.2) is 24.3 Å². The topological polar surface area (TPSA) is 66.8 Å². The number of hydrogen-bond donors (Lipinski definition) is 2. The number of aliphatic hydroxyl groups is 1. The fourth-order valence-corrected chi connectivity index (χ4v) is 2.31. The number of ether oxygens (including phenoxy) is 1. The summed E-state index contributed by atoms with van der Waals surface area (Å²) in [5.74, 6) is 0.533. The van der Waals surface area contributed by atoms with Crippen LogP contribution in [0.25, 0.3) is 0 Å². The SMILES string of the molecule is CC(O)C(C)SCCCOc1cccc(C(=O)O)c1. The van der Waals surface area contributed by atoms with Gasteiger partial charge in [0.2, 0.25) is 0 Å². The second kappa shape index (κ2) is 8.07. The van der Waals surface area contributed by atoms with E-state index in [1.54, 1.807) is 30.8 Å². The van der Waals surface area contributed by atoms with Gasteiger partial charge in [-0.3, -0.25) is 0 Å². The number of aliphatic hydroxyl groups excluding tert-OH is 1. The first kappa shape index (κ1) is 15.9. The Morgan fingerprint density at radius 2 is 2.16 bits per heavy atom. The van der Waals surface area contributed by atoms with E-state index in [-0.39, 0.29) is 16.9 Å². The van der Waals surface area contributed by atoms with Gasteiger partial charge in [-0.2, -0.15) is 11.8 Å². The van der Waals surface area contributed by atoms with Crippen molar-refractivity contribution in [1.29, 1.82) is 0 Å². The molecule has 1 aromatic rings. The molecule has 0 aromatic heterocycles. The average Bonchev–Trinajstić information content (AvgIpc) is 2.38. The number of hydrogen-bond acceptors (Lipinski definition) is 4. The van der Waals surface area contributed by atoms with Gasteiger partial charge >= 0.3 is 5.97 Å². The summed E-state index contributed by atoms with van der Waals surface area (Å²) in [6.45, 7) is 4.32. The standard InChI is InChI=1S/C14H20O4S/c1-10(15)11(2)19-8-4-7-18-13-6-3-5-12(9-13)14(16)17/h3,5-6,9-11,15H,4,7-8H2,1-2H3,(H,16,17). The van der Waals surface area contributed by atoms with E-state index in [4.69, 9.17) is 9.84 Å². The van der Waals surface area contributed by atoms with Gasteiger partial charge in [-0.05, 0) is 37.3 Å². The molecule has 0 aliphatic heterocycles. The molecular formula is C14H20O4S. The van der Waals surface area contributed by atoms with Crippen LogP contribution in [0.4, 0.5) is 0 Å². The van der Waals surface area contributed by atoms with Crippen molar-refractivity contribution >= 4 is 17.7 Å². The van der Waals surface area contributed by atoms with Crippen molar-refractivity contribution in [2.75, 3.05) is 12.4 Å². The molecule has 0 amide bonds. The van der Waals surface area contributed by atoms with Crippen LogP contribution in [-0.4, -0.2) is 39.9 Å². The number of thioether (sulfide) groups is 1. The van der Waals surface area contributed by atoms with Crippen LogP contribution in [-0.2, 0) is 0 Å². The van der Waals surface area contributed by atoms with E-state index in [2.05, 4.69) is 0 Å². The van der Waals surface area contributed by atoms with Crippen molar-refractivity contribution in [3.63, 3.8) is 0 Å². The number of carbonyl (C=O) groups is 1. The summed E-state index contributed by atoms with van der Waals surface area (Å²) in [5, 5.41) is 18.4. The van der Waals surface area contributed by atoms with E-state index < -0.39 is 5.97 Å². The van der Waals surface area contributed by atoms with Crippen molar-refractivity contribution in [2.45, 2.75) is 31.6 Å². The predicted molar refractivity (Wildman–Crippen MR) is 77.1 cm³/mol. The third kappa shape index (κ3) is 5.98. The first-order valence-corrected chi connectivity index (χ1v) is 7.31. The van der Waals surface area contributed by atoms with Crippen molar-refractivity contribution in [2.24, 2.45) is 0 Å². The molecule has 0 saturated carbocycles. The third-order valence-corrected chi connectivity index (χ3v) is 4.14. The Kier molecular flexibility index (Phi) is 6.73. The number of benzene rings is 1. The Balaban J connectivity index is 2.26. The van der Waals surface area contributed by atoms with Crippen LogP contribution in [0.1, 0.15) is 30.6 Å². The minimum absolute atomic E-state index is 0.218. The van der Waals surface area contributed by atoms with E-state index in [0.717, 1.165) is 12.2 Å². The summed E-state index contributed by atoms with van der Waals surface area (Å²) in [4.78, 5) is 10.8. The fourth-order valence-electron chi connectivity index (χ4n) is 1.38. The third-order valence-electron chi connectivity index (χ3n) is 2.70. The maximum absolute atomic E-state index is 10.8. The maximum atomic E-state index is 10.8. The Morgan fingerprint density at radius 3 is 2.79 bits per heavy atom. The van der Waals surface area contributed by atoms with Gasteiger partial charge in [0.15, 0.2) is 0 Å². The van der Waals surface area contributed by atoms with Crippen molar-refractivity contribution < 1.29 is 19.7 Å². The van der Waals surface area contributed by atoms with Crippen LogP contribution < -0.4 is 4.74 Å². The molecule has 0 aliphatic carbocycles. The molecular weight excluding hydrogens is 264 g/mol. The highest BCUT2D eigenvalue weighted by Gasteiger charge is 2.08. The highest BCUT2D eigenvalue weighted by Crippen LogP contribution is 2.16. The smallest absolute Gasteiger partial charge is 0.335 e. The van der Waals surface area contributed by atoms with E-state index in [1.165, 1.54) is 12.1 Å². The normalized spacial score (nSPS) is 13.8. The summed E-state index contributed by atoms with van der Waals surface area (Å²) >= 11 is 1.70. The Morgan fingerprint density at radius 1 is 1.42 bits per heavy atom. The predicted octanol–water partition coefficient (Wildman–Crippen LogP) is 2.66. The molecule has 1 rings (SSSR count). The molecule has 0 fully saturated rings. The molecule has 0 radical (unpaired) electrons. The minimum Gasteiger partial charge on any atom is -0.494 e. The molecule has 1 aromatic carbocycles. The molecule has 19 heavy (non-hydrogen) atoms. The second-order valence-electron chi connectivity index (χ2n) is 4.35. The summed E-state index contributed by atoms with van der Waals surface area (Å²) < 4.78 is 5.50. The van der Waals surface area contributed by atoms with E-state index in [0.29, 0.717) is 12.4 Å². The summed E-state index contributed by atoms with van der Waals surface area (Å²) in [6.07, 6.45) is 0.553. The Hall–Kier alpha value is -1.20. The van der Waals surface area contributed by atoms with Crippen LogP contribution >= 0.6 is 11.8 Å². The van der Waals surface area contributed by atoms with E-state index in [9.17, 15) is 9.90 Å². The number of carboxylic acids is 1. The zero-order chi connectivity index (χ0) is 14.3. The molecule has 0 saturated heterocycles. The summed E-state index contributed by atoms with van der Waals surface area (Å²) in [5.41, 5.74) is 0.231. The highest BCUT2D eigenvalue weighted by molar-refractivity contribution is 7.99. The molecule has 2 N–H and O–H groups in total. The van der Waals surface area contributed by atoms with E-state index in [1.807, 2.05) is 6.92 Å². The Labute approximate surface area is 117 Å². The Bertz CT molecular complexity index is 406. The van der Waals surface area contributed by atoms with Gasteiger partial charge in [0, 0.05) is 5.25 Å². The van der Waals surface area contributed by atoms with Crippen LogP contribution in [0, 0.1) is 0 Å². The van der Waals surface area contributed by atoms with Crippen molar-refractivity contribution in [1.82, 2.24) is 0 Å². The monoisotopic (exact) mass is 284 g/mol. The molecule has 2 atom stereocenters. The minimum atomic E-state index is -0.952.